The molecule has 0 atom stereocenters. The Morgan fingerprint density at radius 1 is 1.22 bits per heavy atom. The summed E-state index contributed by atoms with van der Waals surface area (Å²) in [6.45, 7) is 7.18. The summed E-state index contributed by atoms with van der Waals surface area (Å²) in [5, 5.41) is 0. The lowest BCUT2D eigenvalue weighted by molar-refractivity contribution is 0.218. The Bertz CT molecular complexity index is 400. The smallest absolute Gasteiger partial charge is 0.123 e. The number of hydrogen-bond donors (Lipinski definition) is 1. The lowest BCUT2D eigenvalue weighted by Gasteiger charge is -2.23. The minimum atomic E-state index is 0.0230. The summed E-state index contributed by atoms with van der Waals surface area (Å²) in [6, 6.07) is 4.05. The van der Waals surface area contributed by atoms with Crippen LogP contribution >= 0.6 is 11.8 Å². The summed E-state index contributed by atoms with van der Waals surface area (Å²) in [5.74, 6) is 1.79. The summed E-state index contributed by atoms with van der Waals surface area (Å²) in [7, 11) is 3.40. The lowest BCUT2D eigenvalue weighted by Crippen LogP contribution is -2.13. The van der Waals surface area contributed by atoms with Gasteiger partial charge in [-0.25, -0.2) is 0 Å². The molecule has 4 heteroatoms. The van der Waals surface area contributed by atoms with Crippen LogP contribution in [0.1, 0.15) is 26.3 Å². The van der Waals surface area contributed by atoms with Gasteiger partial charge >= 0.3 is 0 Å². The third-order valence-electron chi connectivity index (χ3n) is 2.68. The number of nitrogens with two attached hydrogens (primary N) is 1. The van der Waals surface area contributed by atoms with Gasteiger partial charge in [-0.2, -0.15) is 0 Å². The maximum Gasteiger partial charge on any atom is 0.123 e. The molecule has 1 aromatic rings. The molecule has 0 unspecified atom stereocenters. The van der Waals surface area contributed by atoms with Crippen molar-refractivity contribution in [1.82, 2.24) is 0 Å². The zero-order valence-electron chi connectivity index (χ0n) is 11.9. The highest BCUT2D eigenvalue weighted by Gasteiger charge is 2.20. The zero-order valence-corrected chi connectivity index (χ0v) is 12.7. The van der Waals surface area contributed by atoms with E-state index in [1.54, 1.807) is 26.0 Å². The van der Waals surface area contributed by atoms with Gasteiger partial charge in [-0.15, -0.1) is 11.8 Å². The van der Waals surface area contributed by atoms with E-state index in [2.05, 4.69) is 20.8 Å². The average molecular weight is 269 g/mol. The van der Waals surface area contributed by atoms with Crippen LogP contribution in [0.5, 0.6) is 5.75 Å². The third kappa shape index (κ3) is 3.82. The van der Waals surface area contributed by atoms with Gasteiger partial charge in [0, 0.05) is 29.0 Å². The molecule has 0 saturated heterocycles. The number of benzene rings is 1. The van der Waals surface area contributed by atoms with E-state index in [0.29, 0.717) is 6.61 Å². The molecule has 102 valence electrons. The zero-order chi connectivity index (χ0) is 13.8. The minimum absolute atomic E-state index is 0.0230. The van der Waals surface area contributed by atoms with Gasteiger partial charge in [0.05, 0.1) is 13.7 Å². The Kier molecular flexibility index (Phi) is 5.35. The maximum atomic E-state index is 6.11. The first-order chi connectivity index (χ1) is 8.40. The van der Waals surface area contributed by atoms with Gasteiger partial charge in [-0.3, -0.25) is 0 Å². The summed E-state index contributed by atoms with van der Waals surface area (Å²) in [6.07, 6.45) is 0. The minimum Gasteiger partial charge on any atom is -0.496 e. The van der Waals surface area contributed by atoms with Crippen LogP contribution < -0.4 is 10.5 Å². The van der Waals surface area contributed by atoms with Crippen LogP contribution in [0.25, 0.3) is 0 Å². The molecule has 0 radical (unpaired) electrons. The monoisotopic (exact) mass is 269 g/mol. The Morgan fingerprint density at radius 2 is 1.89 bits per heavy atom. The van der Waals surface area contributed by atoms with Gasteiger partial charge in [-0.1, -0.05) is 20.8 Å². The normalized spacial score (nSPS) is 11.6. The molecule has 0 saturated carbocycles. The first-order valence-electron chi connectivity index (χ1n) is 6.00. The van der Waals surface area contributed by atoms with Crippen molar-refractivity contribution in [2.75, 3.05) is 32.3 Å². The van der Waals surface area contributed by atoms with E-state index in [9.17, 15) is 0 Å². The summed E-state index contributed by atoms with van der Waals surface area (Å²) < 4.78 is 10.5. The Labute approximate surface area is 114 Å². The summed E-state index contributed by atoms with van der Waals surface area (Å²) in [4.78, 5) is 1.05. The average Bonchev–Trinajstić information content (AvgIpc) is 2.29. The van der Waals surface area contributed by atoms with E-state index in [4.69, 9.17) is 15.2 Å². The van der Waals surface area contributed by atoms with E-state index in [1.165, 1.54) is 0 Å². The fraction of sp³-hybridized carbons (Fsp3) is 0.571. The topological polar surface area (TPSA) is 44.5 Å². The fourth-order valence-corrected chi connectivity index (χ4v) is 2.58. The molecular formula is C14H23NO2S. The molecule has 2 N–H and O–H groups in total. The molecule has 0 aliphatic carbocycles. The quantitative estimate of drug-likeness (QED) is 0.506. The highest BCUT2D eigenvalue weighted by Crippen LogP contribution is 2.38. The van der Waals surface area contributed by atoms with E-state index in [0.717, 1.165) is 27.6 Å². The van der Waals surface area contributed by atoms with Crippen LogP contribution in [-0.2, 0) is 10.2 Å². The molecule has 0 amide bonds. The molecule has 0 spiro atoms. The third-order valence-corrected chi connectivity index (χ3v) is 3.72. The fourth-order valence-electron chi connectivity index (χ4n) is 1.69. The number of methoxy groups -OCH3 is 2. The highest BCUT2D eigenvalue weighted by molar-refractivity contribution is 7.99. The molecule has 1 rings (SSSR count). The predicted octanol–water partition coefficient (Wildman–Crippen LogP) is 3.31. The molecule has 1 aromatic carbocycles. The first-order valence-corrected chi connectivity index (χ1v) is 6.98. The number of thioether (sulfide) groups is 1. The summed E-state index contributed by atoms with van der Waals surface area (Å²) in [5.41, 5.74) is 8.07. The van der Waals surface area contributed by atoms with Gasteiger partial charge in [0.2, 0.25) is 0 Å². The summed E-state index contributed by atoms with van der Waals surface area (Å²) >= 11 is 1.69. The number of hydrogen-bond acceptors (Lipinski definition) is 4. The van der Waals surface area contributed by atoms with Crippen LogP contribution in [-0.4, -0.2) is 26.6 Å². The Morgan fingerprint density at radius 3 is 2.39 bits per heavy atom. The molecule has 0 aromatic heterocycles. The van der Waals surface area contributed by atoms with Gasteiger partial charge in [0.1, 0.15) is 5.75 Å². The predicted molar refractivity (Wildman–Crippen MR) is 78.7 cm³/mol. The molecule has 0 heterocycles. The largest absolute Gasteiger partial charge is 0.496 e. The van der Waals surface area contributed by atoms with Gasteiger partial charge in [-0.05, 0) is 17.5 Å². The molecule has 3 nitrogen and oxygen atoms in total. The molecule has 0 fully saturated rings. The molecule has 0 bridgehead atoms. The van der Waals surface area contributed by atoms with Crippen LogP contribution in [0.3, 0.4) is 0 Å². The standard InChI is InChI=1S/C14H23NO2S/c1-14(2,3)10-8-11(15)13(9-12(10)17-5)18-7-6-16-4/h8-9H,6-7,15H2,1-5H3. The van der Waals surface area contributed by atoms with Gasteiger partial charge in [0.15, 0.2) is 0 Å². The van der Waals surface area contributed by atoms with Gasteiger partial charge in [0.25, 0.3) is 0 Å². The van der Waals surface area contributed by atoms with Gasteiger partial charge < -0.3 is 15.2 Å². The number of ether oxygens (including phenoxy) is 2. The van der Waals surface area contributed by atoms with Crippen LogP contribution in [0.4, 0.5) is 5.69 Å². The Hall–Kier alpha value is -0.870. The lowest BCUT2D eigenvalue weighted by atomic mass is 9.86. The second-order valence-corrected chi connectivity index (χ2v) is 6.32. The maximum absolute atomic E-state index is 6.11. The van der Waals surface area contributed by atoms with Crippen molar-refractivity contribution in [1.29, 1.82) is 0 Å². The second kappa shape index (κ2) is 6.34. The SMILES string of the molecule is COCCSc1cc(OC)c(C(C)(C)C)cc1N. The van der Waals surface area contributed by atoms with E-state index in [1.807, 2.05) is 12.1 Å². The number of nitrogen functional groups attached to an aromatic ring is 1. The molecular weight excluding hydrogens is 246 g/mol. The van der Waals surface area contributed by atoms with Crippen molar-refractivity contribution in [3.63, 3.8) is 0 Å². The number of anilines is 1. The van der Waals surface area contributed by atoms with Crippen molar-refractivity contribution in [3.05, 3.63) is 17.7 Å². The van der Waals surface area contributed by atoms with Crippen molar-refractivity contribution in [3.8, 4) is 5.75 Å². The van der Waals surface area contributed by atoms with E-state index >= 15 is 0 Å². The van der Waals surface area contributed by atoms with Crippen LogP contribution in [0, 0.1) is 0 Å². The second-order valence-electron chi connectivity index (χ2n) is 5.18. The highest BCUT2D eigenvalue weighted by atomic mass is 32.2. The Balaban J connectivity index is 3.03. The van der Waals surface area contributed by atoms with Crippen molar-refractivity contribution in [2.45, 2.75) is 31.1 Å². The molecule has 0 aliphatic rings. The molecule has 18 heavy (non-hydrogen) atoms. The van der Waals surface area contributed by atoms with Crippen molar-refractivity contribution < 1.29 is 9.47 Å². The van der Waals surface area contributed by atoms with Crippen LogP contribution in [0.2, 0.25) is 0 Å². The van der Waals surface area contributed by atoms with Crippen molar-refractivity contribution in [2.24, 2.45) is 0 Å². The van der Waals surface area contributed by atoms with Crippen LogP contribution in [0.15, 0.2) is 17.0 Å². The van der Waals surface area contributed by atoms with Crippen molar-refractivity contribution >= 4 is 17.4 Å². The number of rotatable bonds is 5. The molecule has 0 aliphatic heterocycles. The van der Waals surface area contributed by atoms with E-state index < -0.39 is 0 Å². The first kappa shape index (κ1) is 15.2. The van der Waals surface area contributed by atoms with E-state index in [-0.39, 0.29) is 5.41 Å².